The number of amides is 1. The molecule has 3 aromatic rings. The van der Waals surface area contributed by atoms with E-state index >= 15 is 0 Å². The number of fused-ring (bicyclic) bond motifs is 1. The Bertz CT molecular complexity index is 1310. The summed E-state index contributed by atoms with van der Waals surface area (Å²) in [5, 5.41) is 0. The Labute approximate surface area is 236 Å². The first-order chi connectivity index (χ1) is 19.1. The zero-order valence-electron chi connectivity index (χ0n) is 23.7. The number of benzene rings is 3. The van der Waals surface area contributed by atoms with E-state index in [1.165, 1.54) is 31.5 Å². The van der Waals surface area contributed by atoms with Gasteiger partial charge in [0.15, 0.2) is 17.3 Å². The number of hydrogen-bond acceptors (Lipinski definition) is 5. The van der Waals surface area contributed by atoms with Crippen molar-refractivity contribution in [1.82, 2.24) is 4.90 Å². The lowest BCUT2D eigenvalue weighted by atomic mass is 9.86. The molecule has 0 aliphatic carbocycles. The third-order valence-corrected chi connectivity index (χ3v) is 7.25. The Morgan fingerprint density at radius 1 is 0.900 bits per heavy atom. The highest BCUT2D eigenvalue weighted by molar-refractivity contribution is 6.42. The first kappa shape index (κ1) is 29.3. The number of Topliss-reactive ketones (excluding diaryl/α,β-unsaturated/α-hetero) is 1. The fraction of sp³-hybridized carbons (Fsp3) is 0.394. The van der Waals surface area contributed by atoms with Gasteiger partial charge in [0.2, 0.25) is 5.78 Å². The maximum atomic E-state index is 13.8. The van der Waals surface area contributed by atoms with E-state index in [2.05, 4.69) is 49.9 Å². The molecule has 40 heavy (non-hydrogen) atoms. The van der Waals surface area contributed by atoms with Crippen molar-refractivity contribution < 1.29 is 23.5 Å². The van der Waals surface area contributed by atoms with Gasteiger partial charge in [-0.05, 0) is 85.1 Å². The Morgan fingerprint density at radius 2 is 1.50 bits per heavy atom. The maximum Gasteiger partial charge on any atom is 0.289 e. The molecule has 5 rings (SSSR count). The van der Waals surface area contributed by atoms with Crippen molar-refractivity contribution >= 4 is 11.7 Å². The second-order valence-electron chi connectivity index (χ2n) is 11.4. The molecule has 0 aromatic heterocycles. The van der Waals surface area contributed by atoms with Crippen LogP contribution in [-0.2, 0) is 16.6 Å². The van der Waals surface area contributed by atoms with E-state index in [4.69, 9.17) is 15.2 Å². The molecule has 6 nitrogen and oxygen atoms in total. The van der Waals surface area contributed by atoms with E-state index in [1.807, 2.05) is 18.2 Å². The number of aryl methyl sites for hydroxylation is 1. The summed E-state index contributed by atoms with van der Waals surface area (Å²) in [6.45, 7) is 11.0. The molecule has 212 valence electrons. The summed E-state index contributed by atoms with van der Waals surface area (Å²) in [5.41, 5.74) is 9.76. The van der Waals surface area contributed by atoms with Crippen LogP contribution in [0.1, 0.15) is 61.5 Å². The Morgan fingerprint density at radius 3 is 2.10 bits per heavy atom. The van der Waals surface area contributed by atoms with Crippen LogP contribution in [0, 0.1) is 5.82 Å². The molecule has 2 N–H and O–H groups in total. The van der Waals surface area contributed by atoms with Crippen LogP contribution in [0.2, 0.25) is 0 Å². The summed E-state index contributed by atoms with van der Waals surface area (Å²) in [4.78, 5) is 24.8. The number of rotatable bonds is 7. The van der Waals surface area contributed by atoms with Crippen LogP contribution < -0.4 is 15.2 Å². The van der Waals surface area contributed by atoms with E-state index in [0.717, 1.165) is 36.1 Å². The van der Waals surface area contributed by atoms with E-state index in [-0.39, 0.29) is 17.0 Å². The second kappa shape index (κ2) is 13.1. The van der Waals surface area contributed by atoms with Gasteiger partial charge in [0.1, 0.15) is 13.2 Å². The van der Waals surface area contributed by atoms with Crippen LogP contribution in [-0.4, -0.2) is 49.4 Å². The van der Waals surface area contributed by atoms with Crippen LogP contribution in [0.3, 0.4) is 0 Å². The topological polar surface area (TPSA) is 81.9 Å². The minimum atomic E-state index is -0.933. The third-order valence-electron chi connectivity index (χ3n) is 7.25. The molecule has 1 amide bonds. The summed E-state index contributed by atoms with van der Waals surface area (Å²) < 4.78 is 24.6. The number of nitrogens with two attached hydrogens (primary N) is 1. The fourth-order valence-corrected chi connectivity index (χ4v) is 4.94. The lowest BCUT2D eigenvalue weighted by Gasteiger charge is -2.20. The quantitative estimate of drug-likeness (QED) is 0.293. The van der Waals surface area contributed by atoms with Crippen molar-refractivity contribution in [2.24, 2.45) is 5.73 Å². The average molecular weight is 547 g/mol. The minimum Gasteiger partial charge on any atom is -0.486 e. The molecule has 0 unspecified atom stereocenters. The number of carbonyl (C=O) groups is 2. The third kappa shape index (κ3) is 7.69. The van der Waals surface area contributed by atoms with E-state index in [1.54, 1.807) is 18.2 Å². The number of primary amides is 1. The molecular formula is C33H39FN2O4. The van der Waals surface area contributed by atoms with Gasteiger partial charge in [0, 0.05) is 5.56 Å². The molecule has 0 radical (unpaired) electrons. The van der Waals surface area contributed by atoms with Gasteiger partial charge in [-0.2, -0.15) is 0 Å². The van der Waals surface area contributed by atoms with Gasteiger partial charge in [-0.3, -0.25) is 9.59 Å². The Kier molecular flexibility index (Phi) is 9.58. The predicted octanol–water partition coefficient (Wildman–Crippen LogP) is 5.94. The van der Waals surface area contributed by atoms with Crippen LogP contribution in [0.15, 0.2) is 60.7 Å². The van der Waals surface area contributed by atoms with Crippen LogP contribution in [0.25, 0.3) is 11.1 Å². The molecule has 2 heterocycles. The lowest BCUT2D eigenvalue weighted by Crippen LogP contribution is -2.22. The zero-order valence-corrected chi connectivity index (χ0v) is 23.7. The van der Waals surface area contributed by atoms with Crippen LogP contribution >= 0.6 is 0 Å². The van der Waals surface area contributed by atoms with Crippen molar-refractivity contribution in [3.63, 3.8) is 0 Å². The normalized spacial score (nSPS) is 14.8. The first-order valence-corrected chi connectivity index (χ1v) is 14.0. The van der Waals surface area contributed by atoms with Gasteiger partial charge < -0.3 is 20.1 Å². The van der Waals surface area contributed by atoms with E-state index in [0.29, 0.717) is 24.5 Å². The summed E-state index contributed by atoms with van der Waals surface area (Å²) in [5.74, 6) is -1.06. The first-order valence-electron chi connectivity index (χ1n) is 14.0. The van der Waals surface area contributed by atoms with Gasteiger partial charge >= 0.3 is 0 Å². The number of carbonyl (C=O) groups excluding carboxylic acids is 2. The summed E-state index contributed by atoms with van der Waals surface area (Å²) in [6, 6.07) is 18.7. The maximum absolute atomic E-state index is 13.8. The zero-order chi connectivity index (χ0) is 28.7. The summed E-state index contributed by atoms with van der Waals surface area (Å²) in [6.07, 6.45) is 4.60. The van der Waals surface area contributed by atoms with Crippen LogP contribution in [0.5, 0.6) is 11.5 Å². The smallest absolute Gasteiger partial charge is 0.289 e. The molecule has 1 saturated heterocycles. The fourth-order valence-electron chi connectivity index (χ4n) is 4.94. The van der Waals surface area contributed by atoms with Crippen molar-refractivity contribution in [3.05, 3.63) is 83.2 Å². The standard InChI is InChI=1S/C18H19NO2.C15H20FNO2/c1-18(2,3)15-10-8-13(9-11-15)12-4-6-14(7-5-12)16(20)17(19)21;16-13-10-12(4-3-7-17-5-1-2-6-17)11-14-15(13)19-9-8-18-14/h4-11H,1-3H3,(H2,19,21);10-11H,1-9H2. The molecule has 0 atom stereocenters. The molecule has 0 spiro atoms. The molecule has 0 bridgehead atoms. The second-order valence-corrected chi connectivity index (χ2v) is 11.4. The Hall–Kier alpha value is -3.71. The molecule has 1 fully saturated rings. The van der Waals surface area contributed by atoms with Crippen LogP contribution in [0.4, 0.5) is 4.39 Å². The SMILES string of the molecule is CC(C)(C)c1ccc(-c2ccc(C(=O)C(N)=O)cc2)cc1.Fc1cc(CCCN2CCCC2)cc2c1OCCO2. The van der Waals surface area contributed by atoms with Crippen molar-refractivity contribution in [2.45, 2.75) is 51.9 Å². The van der Waals surface area contributed by atoms with Crippen molar-refractivity contribution in [1.29, 1.82) is 0 Å². The number of halogens is 1. The van der Waals surface area contributed by atoms with Gasteiger partial charge in [0.25, 0.3) is 5.91 Å². The number of ether oxygens (including phenoxy) is 2. The van der Waals surface area contributed by atoms with Crippen molar-refractivity contribution in [3.8, 4) is 22.6 Å². The highest BCUT2D eigenvalue weighted by atomic mass is 19.1. The van der Waals surface area contributed by atoms with Gasteiger partial charge in [0.05, 0.1) is 0 Å². The highest BCUT2D eigenvalue weighted by Gasteiger charge is 2.18. The molecule has 7 heteroatoms. The molecular weight excluding hydrogens is 507 g/mol. The molecule has 0 saturated carbocycles. The molecule has 2 aliphatic rings. The lowest BCUT2D eigenvalue weighted by molar-refractivity contribution is -0.114. The van der Waals surface area contributed by atoms with Gasteiger partial charge in [-0.1, -0.05) is 69.3 Å². The molecule has 2 aliphatic heterocycles. The largest absolute Gasteiger partial charge is 0.486 e. The van der Waals surface area contributed by atoms with Gasteiger partial charge in [-0.25, -0.2) is 4.39 Å². The van der Waals surface area contributed by atoms with Crippen molar-refractivity contribution in [2.75, 3.05) is 32.8 Å². The Balaban J connectivity index is 0.000000186. The predicted molar refractivity (Wildman–Crippen MR) is 155 cm³/mol. The number of hydrogen-bond donors (Lipinski definition) is 1. The van der Waals surface area contributed by atoms with E-state index < -0.39 is 11.7 Å². The minimum absolute atomic E-state index is 0.121. The number of nitrogens with zero attached hydrogens (tertiary/aromatic N) is 1. The highest BCUT2D eigenvalue weighted by Crippen LogP contribution is 2.34. The molecule has 3 aromatic carbocycles. The van der Waals surface area contributed by atoms with E-state index in [9.17, 15) is 14.0 Å². The monoisotopic (exact) mass is 546 g/mol. The summed E-state index contributed by atoms with van der Waals surface area (Å²) in [7, 11) is 0. The number of likely N-dealkylation sites (tertiary alicyclic amines) is 1. The van der Waals surface area contributed by atoms with Gasteiger partial charge in [-0.15, -0.1) is 0 Å². The number of ketones is 1. The summed E-state index contributed by atoms with van der Waals surface area (Å²) >= 11 is 0. The average Bonchev–Trinajstić information content (AvgIpc) is 3.46.